The predicted octanol–water partition coefficient (Wildman–Crippen LogP) is 13.6. The second-order valence-electron chi connectivity index (χ2n) is 14.2. The molecule has 0 aliphatic rings. The molecule has 0 rings (SSSR count). The minimum Gasteiger partial charge on any atom is -0.480 e. The van der Waals surface area contributed by atoms with E-state index in [2.05, 4.69) is 104 Å². The third-order valence-corrected chi connectivity index (χ3v) is 9.05. The van der Waals surface area contributed by atoms with Crippen LogP contribution in [0.25, 0.3) is 0 Å². The van der Waals surface area contributed by atoms with Gasteiger partial charge in [-0.05, 0) is 109 Å². The van der Waals surface area contributed by atoms with Crippen LogP contribution in [-0.2, 0) is 19.1 Å². The molecule has 1 unspecified atom stereocenters. The van der Waals surface area contributed by atoms with Crippen LogP contribution < -0.4 is 5.32 Å². The molecule has 1 amide bonds. The second kappa shape index (κ2) is 42.3. The van der Waals surface area contributed by atoms with Crippen molar-refractivity contribution in [2.24, 2.45) is 0 Å². The van der Waals surface area contributed by atoms with E-state index in [-0.39, 0.29) is 24.5 Å². The Morgan fingerprint density at radius 3 is 1.50 bits per heavy atom. The first kappa shape index (κ1) is 50.6. The number of allylic oxidation sites excluding steroid dienone is 14. The minimum atomic E-state index is -1.02. The Morgan fingerprint density at radius 2 is 0.926 bits per heavy atom. The molecule has 306 valence electrons. The molecule has 0 aromatic carbocycles. The second-order valence-corrected chi connectivity index (χ2v) is 14.2. The summed E-state index contributed by atoms with van der Waals surface area (Å²) < 4.78 is 5.99. The lowest BCUT2D eigenvalue weighted by Crippen LogP contribution is -2.28. The van der Waals surface area contributed by atoms with Crippen molar-refractivity contribution in [2.75, 3.05) is 6.54 Å². The summed E-state index contributed by atoms with van der Waals surface area (Å²) in [6.07, 6.45) is 58.5. The van der Waals surface area contributed by atoms with Gasteiger partial charge < -0.3 is 15.2 Å². The van der Waals surface area contributed by atoms with E-state index < -0.39 is 5.97 Å². The summed E-state index contributed by atoms with van der Waals surface area (Å²) in [5.74, 6) is -1.31. The number of hydrogen-bond donors (Lipinski definition) is 2. The maximum atomic E-state index is 12.7. The standard InChI is InChI=1S/C48H79NO5/c1-3-5-7-9-11-13-15-16-17-18-19-20-21-22-23-24-26-28-30-35-39-43-48(53)54-45(40-36-32-29-27-25-14-12-10-8-6-4-2)41-37-33-31-34-38-42-46(50)49-44-47(51)52/h5,7,11,13,16-17,19-20,22-23,26-29,45H,3-4,6,8-10,12,14-15,18,21,24-25,30-44H2,1-2H3,(H,49,50)(H,51,52)/b7-5-,13-11-,17-16-,20-19-,23-22-,28-26-,29-27-. The van der Waals surface area contributed by atoms with Gasteiger partial charge in [0.1, 0.15) is 12.6 Å². The lowest BCUT2D eigenvalue weighted by atomic mass is 10.0. The molecule has 0 aromatic heterocycles. The van der Waals surface area contributed by atoms with E-state index in [1.807, 2.05) is 0 Å². The number of nitrogens with one attached hydrogen (secondary N) is 1. The Hall–Kier alpha value is -3.41. The van der Waals surface area contributed by atoms with Gasteiger partial charge in [0.05, 0.1) is 0 Å². The number of amides is 1. The van der Waals surface area contributed by atoms with Crippen LogP contribution in [0.1, 0.15) is 187 Å². The van der Waals surface area contributed by atoms with Gasteiger partial charge in [0.2, 0.25) is 5.91 Å². The molecule has 6 nitrogen and oxygen atoms in total. The van der Waals surface area contributed by atoms with E-state index in [0.717, 1.165) is 122 Å². The van der Waals surface area contributed by atoms with Gasteiger partial charge in [0.15, 0.2) is 0 Å². The summed E-state index contributed by atoms with van der Waals surface area (Å²) in [7, 11) is 0. The molecule has 0 bridgehead atoms. The number of esters is 1. The zero-order valence-corrected chi connectivity index (χ0v) is 34.5. The van der Waals surface area contributed by atoms with Gasteiger partial charge in [-0.1, -0.05) is 150 Å². The Kier molecular flexibility index (Phi) is 39.7. The van der Waals surface area contributed by atoms with Gasteiger partial charge >= 0.3 is 11.9 Å². The third kappa shape index (κ3) is 41.3. The normalized spacial score (nSPS) is 12.9. The average molecular weight is 750 g/mol. The number of carboxylic acids is 1. The van der Waals surface area contributed by atoms with E-state index >= 15 is 0 Å². The number of rotatable bonds is 38. The molecule has 0 aliphatic carbocycles. The van der Waals surface area contributed by atoms with Crippen molar-refractivity contribution < 1.29 is 24.2 Å². The summed E-state index contributed by atoms with van der Waals surface area (Å²) in [6, 6.07) is 0. The maximum Gasteiger partial charge on any atom is 0.322 e. The highest BCUT2D eigenvalue weighted by molar-refractivity contribution is 5.80. The van der Waals surface area contributed by atoms with E-state index in [1.165, 1.54) is 38.5 Å². The van der Waals surface area contributed by atoms with Gasteiger partial charge in [0.25, 0.3) is 0 Å². The zero-order valence-electron chi connectivity index (χ0n) is 34.5. The molecule has 0 radical (unpaired) electrons. The van der Waals surface area contributed by atoms with Gasteiger partial charge in [-0.3, -0.25) is 14.4 Å². The van der Waals surface area contributed by atoms with E-state index in [9.17, 15) is 14.4 Å². The fourth-order valence-electron chi connectivity index (χ4n) is 5.87. The Morgan fingerprint density at radius 1 is 0.500 bits per heavy atom. The average Bonchev–Trinajstić information content (AvgIpc) is 3.16. The number of hydrogen-bond acceptors (Lipinski definition) is 4. The molecule has 0 fully saturated rings. The van der Waals surface area contributed by atoms with Crippen LogP contribution in [0.3, 0.4) is 0 Å². The van der Waals surface area contributed by atoms with Crippen molar-refractivity contribution in [3.63, 3.8) is 0 Å². The van der Waals surface area contributed by atoms with Gasteiger partial charge in [0, 0.05) is 12.8 Å². The number of carbonyl (C=O) groups excluding carboxylic acids is 2. The summed E-state index contributed by atoms with van der Waals surface area (Å²) in [5, 5.41) is 11.1. The molecule has 0 saturated heterocycles. The lowest BCUT2D eigenvalue weighted by Gasteiger charge is -2.18. The van der Waals surface area contributed by atoms with E-state index in [1.54, 1.807) is 0 Å². The fourth-order valence-corrected chi connectivity index (χ4v) is 5.87. The Balaban J connectivity index is 4.27. The highest BCUT2D eigenvalue weighted by atomic mass is 16.5. The van der Waals surface area contributed by atoms with Crippen LogP contribution in [0.4, 0.5) is 0 Å². The molecule has 6 heteroatoms. The monoisotopic (exact) mass is 750 g/mol. The topological polar surface area (TPSA) is 92.7 Å². The third-order valence-electron chi connectivity index (χ3n) is 9.05. The zero-order chi connectivity index (χ0) is 39.4. The lowest BCUT2D eigenvalue weighted by molar-refractivity contribution is -0.150. The number of unbranched alkanes of at least 4 members (excludes halogenated alkanes) is 13. The van der Waals surface area contributed by atoms with Crippen LogP contribution >= 0.6 is 0 Å². The molecule has 1 atom stereocenters. The number of ether oxygens (including phenoxy) is 1. The first-order valence-corrected chi connectivity index (χ1v) is 21.7. The van der Waals surface area contributed by atoms with Crippen molar-refractivity contribution in [1.29, 1.82) is 0 Å². The summed E-state index contributed by atoms with van der Waals surface area (Å²) in [5.41, 5.74) is 0. The molecule has 0 aliphatic heterocycles. The Labute approximate surface area is 331 Å². The van der Waals surface area contributed by atoms with Crippen LogP contribution in [0.5, 0.6) is 0 Å². The Bertz CT molecular complexity index is 1100. The molecule has 0 saturated carbocycles. The molecular formula is C48H79NO5. The van der Waals surface area contributed by atoms with Crippen molar-refractivity contribution in [2.45, 2.75) is 193 Å². The summed E-state index contributed by atoms with van der Waals surface area (Å²) >= 11 is 0. The number of aliphatic carboxylic acids is 1. The van der Waals surface area contributed by atoms with Crippen molar-refractivity contribution in [1.82, 2.24) is 5.32 Å². The van der Waals surface area contributed by atoms with Gasteiger partial charge in [-0.25, -0.2) is 0 Å². The highest BCUT2D eigenvalue weighted by Gasteiger charge is 2.14. The van der Waals surface area contributed by atoms with Crippen molar-refractivity contribution in [3.8, 4) is 0 Å². The number of carbonyl (C=O) groups is 3. The van der Waals surface area contributed by atoms with Gasteiger partial charge in [-0.15, -0.1) is 0 Å². The van der Waals surface area contributed by atoms with E-state index in [0.29, 0.717) is 12.8 Å². The molecule has 54 heavy (non-hydrogen) atoms. The molecule has 0 spiro atoms. The fraction of sp³-hybridized carbons (Fsp3) is 0.646. The maximum absolute atomic E-state index is 12.7. The van der Waals surface area contributed by atoms with Crippen LogP contribution in [0, 0.1) is 0 Å². The number of carboxylic acid groups (broad SMARTS) is 1. The highest BCUT2D eigenvalue weighted by Crippen LogP contribution is 2.17. The first-order valence-electron chi connectivity index (χ1n) is 21.7. The molecular weight excluding hydrogens is 671 g/mol. The van der Waals surface area contributed by atoms with Crippen LogP contribution in [-0.4, -0.2) is 35.6 Å². The molecule has 0 aromatic rings. The van der Waals surface area contributed by atoms with Crippen molar-refractivity contribution in [3.05, 3.63) is 85.1 Å². The quantitative estimate of drug-likeness (QED) is 0.0372. The smallest absolute Gasteiger partial charge is 0.322 e. The summed E-state index contributed by atoms with van der Waals surface area (Å²) in [4.78, 5) is 35.0. The molecule has 2 N–H and O–H groups in total. The first-order chi connectivity index (χ1) is 26.5. The van der Waals surface area contributed by atoms with Gasteiger partial charge in [-0.2, -0.15) is 0 Å². The SMILES string of the molecule is CC/C=C\C/C=C\C/C=C\C/C=C\C/C=C\C/C=C\CCCCC(=O)OC(CCC/C=C\CCCCCCCC)CCCCCCCC(=O)NCC(=O)O. The predicted molar refractivity (Wildman–Crippen MR) is 231 cm³/mol. The summed E-state index contributed by atoms with van der Waals surface area (Å²) in [6.45, 7) is 4.09. The molecule has 0 heterocycles. The van der Waals surface area contributed by atoms with E-state index in [4.69, 9.17) is 9.84 Å². The largest absolute Gasteiger partial charge is 0.480 e. The van der Waals surface area contributed by atoms with Crippen molar-refractivity contribution >= 4 is 17.8 Å². The van der Waals surface area contributed by atoms with Crippen LogP contribution in [0.2, 0.25) is 0 Å². The van der Waals surface area contributed by atoms with Crippen LogP contribution in [0.15, 0.2) is 85.1 Å². The minimum absolute atomic E-state index is 0.0328.